The van der Waals surface area contributed by atoms with Crippen molar-refractivity contribution in [3.63, 3.8) is 0 Å². The summed E-state index contributed by atoms with van der Waals surface area (Å²) >= 11 is 4.18. The maximum atomic E-state index is 13.5. The van der Waals surface area contributed by atoms with Crippen LogP contribution in [0.2, 0.25) is 0 Å². The molecule has 0 aromatic heterocycles. The van der Waals surface area contributed by atoms with Crippen molar-refractivity contribution in [1.29, 1.82) is 0 Å². The molecule has 0 spiro atoms. The van der Waals surface area contributed by atoms with Crippen LogP contribution in [0.15, 0.2) is 58.3 Å². The zero-order valence-corrected chi connectivity index (χ0v) is 25.8. The molecule has 0 unspecified atom stereocenters. The molecule has 9 nitrogen and oxygen atoms in total. The fourth-order valence-electron chi connectivity index (χ4n) is 3.38. The van der Waals surface area contributed by atoms with E-state index in [0.717, 1.165) is 40.4 Å². The minimum Gasteiger partial charge on any atom is -0.748 e. The summed E-state index contributed by atoms with van der Waals surface area (Å²) in [5.74, 6) is -0.0651. The molecule has 0 amide bonds. The van der Waals surface area contributed by atoms with Gasteiger partial charge in [0.05, 0.1) is 10.1 Å². The Kier molecular flexibility index (Phi) is 20.9. The van der Waals surface area contributed by atoms with Gasteiger partial charge in [-0.05, 0) is 61.5 Å². The Morgan fingerprint density at radius 1 is 0.821 bits per heavy atom. The van der Waals surface area contributed by atoms with Crippen LogP contribution in [-0.4, -0.2) is 56.0 Å². The van der Waals surface area contributed by atoms with Crippen molar-refractivity contribution in [2.45, 2.75) is 41.3 Å². The number of ether oxygens (including phenoxy) is 2. The molecule has 0 saturated heterocycles. The van der Waals surface area contributed by atoms with Gasteiger partial charge in [0.25, 0.3) is 5.79 Å². The SMILES string of the molecule is COC(OC)(C(=O)c1ccc(SCCCCSOO[O-])cc1)c1ccc(SCCCCS(=O)(=O)[O-])cc1.[Li+].[Li+]. The van der Waals surface area contributed by atoms with E-state index in [1.807, 2.05) is 24.3 Å². The Bertz CT molecular complexity index is 1050. The number of unbranched alkanes of at least 4 members (excludes halogenated alkanes) is 2. The molecule has 0 N–H and O–H groups in total. The van der Waals surface area contributed by atoms with Gasteiger partial charge in [-0.3, -0.25) is 9.83 Å². The topological polar surface area (TPSA) is 134 Å². The van der Waals surface area contributed by atoms with Crippen LogP contribution >= 0.6 is 35.6 Å². The van der Waals surface area contributed by atoms with Gasteiger partial charge in [0.2, 0.25) is 5.78 Å². The van der Waals surface area contributed by atoms with E-state index < -0.39 is 15.9 Å². The monoisotopic (exact) mass is 604 g/mol. The second kappa shape index (κ2) is 20.9. The summed E-state index contributed by atoms with van der Waals surface area (Å²) in [6.07, 6.45) is 2.75. The van der Waals surface area contributed by atoms with Crippen LogP contribution in [0.5, 0.6) is 0 Å². The third kappa shape index (κ3) is 13.7. The number of benzene rings is 2. The van der Waals surface area contributed by atoms with E-state index >= 15 is 0 Å². The summed E-state index contributed by atoms with van der Waals surface area (Å²) in [5.41, 5.74) is 0.998. The first kappa shape index (κ1) is 39.1. The van der Waals surface area contributed by atoms with Crippen LogP contribution in [0, 0.1) is 0 Å². The van der Waals surface area contributed by atoms with Gasteiger partial charge in [0.15, 0.2) is 0 Å². The van der Waals surface area contributed by atoms with E-state index in [0.29, 0.717) is 35.5 Å². The molecule has 0 saturated carbocycles. The number of ketones is 1. The van der Waals surface area contributed by atoms with Gasteiger partial charge >= 0.3 is 37.7 Å². The molecule has 2 aromatic rings. The molecule has 39 heavy (non-hydrogen) atoms. The fourth-order valence-corrected chi connectivity index (χ4v) is 6.19. The van der Waals surface area contributed by atoms with Crippen molar-refractivity contribution < 1.29 is 79.6 Å². The first-order chi connectivity index (χ1) is 17.8. The first-order valence-electron chi connectivity index (χ1n) is 11.4. The Hall–Kier alpha value is 0.0648. The average molecular weight is 605 g/mol. The molecule has 0 radical (unpaired) electrons. The maximum absolute atomic E-state index is 13.5. The second-order valence-corrected chi connectivity index (χ2v) is 12.4. The van der Waals surface area contributed by atoms with Gasteiger partial charge in [0, 0.05) is 58.7 Å². The Balaban J connectivity index is 0.00000722. The van der Waals surface area contributed by atoms with Gasteiger partial charge < -0.3 is 19.3 Å². The number of thioether (sulfide) groups is 2. The Morgan fingerprint density at radius 2 is 1.31 bits per heavy atom. The summed E-state index contributed by atoms with van der Waals surface area (Å²) in [6.45, 7) is 0. The van der Waals surface area contributed by atoms with Crippen LogP contribution in [0.25, 0.3) is 0 Å². The average Bonchev–Trinajstić information content (AvgIpc) is 2.89. The van der Waals surface area contributed by atoms with E-state index in [4.69, 9.17) is 9.47 Å². The van der Waals surface area contributed by atoms with Crippen molar-refractivity contribution >= 4 is 51.5 Å². The third-order valence-corrected chi connectivity index (χ3v) is 8.84. The largest absolute Gasteiger partial charge is 1.00 e. The molecule has 0 fully saturated rings. The van der Waals surface area contributed by atoms with E-state index in [1.165, 1.54) is 26.0 Å². The molecular weight excluding hydrogens is 574 g/mol. The maximum Gasteiger partial charge on any atom is 1.00 e. The molecule has 15 heteroatoms. The van der Waals surface area contributed by atoms with E-state index in [-0.39, 0.29) is 49.3 Å². The molecule has 0 bridgehead atoms. The van der Waals surface area contributed by atoms with E-state index in [9.17, 15) is 23.0 Å². The molecule has 206 valence electrons. The molecule has 2 aromatic carbocycles. The number of carbonyl (C=O) groups excluding carboxylic acids is 1. The number of methoxy groups -OCH3 is 2. The zero-order chi connectivity index (χ0) is 27.2. The van der Waals surface area contributed by atoms with Gasteiger partial charge in [-0.15, -0.1) is 23.5 Å². The van der Waals surface area contributed by atoms with Gasteiger partial charge in [-0.1, -0.05) is 24.3 Å². The molecule has 2 rings (SSSR count). The van der Waals surface area contributed by atoms with Crippen LogP contribution in [-0.2, 0) is 34.8 Å². The summed E-state index contributed by atoms with van der Waals surface area (Å²) in [5, 5.41) is 13.0. The van der Waals surface area contributed by atoms with Crippen molar-refractivity contribution in [3.05, 3.63) is 59.7 Å². The predicted octanol–water partition coefficient (Wildman–Crippen LogP) is -1.82. The smallest absolute Gasteiger partial charge is 0.748 e. The van der Waals surface area contributed by atoms with E-state index in [2.05, 4.69) is 9.37 Å². The van der Waals surface area contributed by atoms with Gasteiger partial charge in [0.1, 0.15) is 0 Å². The van der Waals surface area contributed by atoms with Crippen molar-refractivity contribution in [3.8, 4) is 0 Å². The van der Waals surface area contributed by atoms with Crippen molar-refractivity contribution in [2.75, 3.05) is 37.2 Å². The van der Waals surface area contributed by atoms with Crippen molar-refractivity contribution in [1.82, 2.24) is 0 Å². The van der Waals surface area contributed by atoms with Crippen LogP contribution in [0.3, 0.4) is 0 Å². The predicted molar refractivity (Wildman–Crippen MR) is 142 cm³/mol. The molecule has 0 atom stereocenters. The fraction of sp³-hybridized carbons (Fsp3) is 0.458. The normalized spacial score (nSPS) is 11.5. The number of Topliss-reactive ketones (excluding diaryl/α,β-unsaturated/α-hetero) is 1. The Morgan fingerprint density at radius 3 is 1.79 bits per heavy atom. The molecule has 0 heterocycles. The quantitative estimate of drug-likeness (QED) is 0.0206. The first-order valence-corrected chi connectivity index (χ1v) is 15.8. The molecule has 0 aliphatic rings. The number of rotatable bonds is 19. The van der Waals surface area contributed by atoms with E-state index in [1.54, 1.807) is 36.0 Å². The second-order valence-electron chi connectivity index (χ2n) is 7.73. The summed E-state index contributed by atoms with van der Waals surface area (Å²) in [7, 11) is -1.33. The molecular formula is C24H30Li2O9S4. The Labute approximate surface area is 267 Å². The van der Waals surface area contributed by atoms with Crippen LogP contribution < -0.4 is 43.0 Å². The third-order valence-electron chi connectivity index (χ3n) is 5.25. The number of hydrogen-bond acceptors (Lipinski definition) is 12. The van der Waals surface area contributed by atoms with Gasteiger partial charge in [-0.25, -0.2) is 8.42 Å². The number of hydrogen-bond donors (Lipinski definition) is 0. The van der Waals surface area contributed by atoms with Crippen molar-refractivity contribution in [2.24, 2.45) is 0 Å². The standard InChI is InChI=1S/C24H32O9S4.2Li/c1-30-24(31-2,20-9-13-22(14-10-20)35-16-5-6-18-37(27,28)29)23(25)19-7-11-21(12-8-19)34-15-3-4-17-36-33-32-26;;/h7-14,26H,3-6,15-18H2,1-2H3,(H,27,28,29);;/q;2*+1/p-2. The molecule has 0 aliphatic heterocycles. The van der Waals surface area contributed by atoms with Crippen LogP contribution in [0.1, 0.15) is 41.6 Å². The summed E-state index contributed by atoms with van der Waals surface area (Å²) in [4.78, 5) is 15.4. The van der Waals surface area contributed by atoms with Gasteiger partial charge in [-0.2, -0.15) is 4.33 Å². The zero-order valence-electron chi connectivity index (χ0n) is 22.6. The minimum absolute atomic E-state index is 0. The van der Waals surface area contributed by atoms with Crippen LogP contribution in [0.4, 0.5) is 0 Å². The minimum atomic E-state index is -4.18. The number of carbonyl (C=O) groups is 1. The molecule has 0 aliphatic carbocycles. The summed E-state index contributed by atoms with van der Waals surface area (Å²) < 4.78 is 47.5. The summed E-state index contributed by atoms with van der Waals surface area (Å²) in [6, 6.07) is 14.5.